The number of amides is 2. The average Bonchev–Trinajstić information content (AvgIpc) is 2.82. The molecule has 3 N–H and O–H groups in total. The molecule has 0 saturated heterocycles. The van der Waals surface area contributed by atoms with Gasteiger partial charge in [0.1, 0.15) is 12.3 Å². The van der Waals surface area contributed by atoms with Crippen LogP contribution in [0.5, 0.6) is 0 Å². The van der Waals surface area contributed by atoms with Gasteiger partial charge in [0.05, 0.1) is 11.8 Å². The summed E-state index contributed by atoms with van der Waals surface area (Å²) >= 11 is 0. The Balaban J connectivity index is 2.35. The van der Waals surface area contributed by atoms with Crippen LogP contribution < -0.4 is 10.6 Å². The molecule has 0 aliphatic carbocycles. The Labute approximate surface area is 99.0 Å². The minimum absolute atomic E-state index is 0.0238. The molecular formula is C11H16N2O4. The molecule has 1 aromatic heterocycles. The van der Waals surface area contributed by atoms with Gasteiger partial charge in [-0.15, -0.1) is 0 Å². The van der Waals surface area contributed by atoms with Gasteiger partial charge in [0, 0.05) is 13.2 Å². The molecule has 1 heterocycles. The fourth-order valence-corrected chi connectivity index (χ4v) is 1.18. The fourth-order valence-electron chi connectivity index (χ4n) is 1.18. The van der Waals surface area contributed by atoms with Crippen molar-refractivity contribution in [1.29, 1.82) is 0 Å². The van der Waals surface area contributed by atoms with Crippen molar-refractivity contribution >= 4 is 11.8 Å². The van der Waals surface area contributed by atoms with E-state index >= 15 is 0 Å². The minimum Gasteiger partial charge on any atom is -0.472 e. The summed E-state index contributed by atoms with van der Waals surface area (Å²) in [5, 5.41) is 13.7. The van der Waals surface area contributed by atoms with Crippen LogP contribution in [-0.4, -0.2) is 36.1 Å². The third-order valence-electron chi connectivity index (χ3n) is 2.16. The third kappa shape index (κ3) is 4.28. The number of hydrogen-bond acceptors (Lipinski definition) is 4. The molecule has 1 aromatic rings. The first-order valence-corrected chi connectivity index (χ1v) is 5.36. The number of nitrogens with one attached hydrogen (secondary N) is 2. The molecule has 0 saturated carbocycles. The van der Waals surface area contributed by atoms with Gasteiger partial charge in [-0.2, -0.15) is 0 Å². The molecule has 0 fully saturated rings. The van der Waals surface area contributed by atoms with Crippen LogP contribution in [0.1, 0.15) is 23.7 Å². The van der Waals surface area contributed by atoms with Crippen molar-refractivity contribution in [2.24, 2.45) is 0 Å². The summed E-state index contributed by atoms with van der Waals surface area (Å²) in [5.41, 5.74) is 0.375. The highest BCUT2D eigenvalue weighted by molar-refractivity contribution is 5.97. The second kappa shape index (κ2) is 6.70. The van der Waals surface area contributed by atoms with E-state index in [1.165, 1.54) is 18.6 Å². The zero-order chi connectivity index (χ0) is 12.7. The summed E-state index contributed by atoms with van der Waals surface area (Å²) in [6.45, 7) is 2.00. The fraction of sp³-hybridized carbons (Fsp3) is 0.455. The topological polar surface area (TPSA) is 91.6 Å². The van der Waals surface area contributed by atoms with Crippen LogP contribution >= 0.6 is 0 Å². The molecule has 0 aliphatic heterocycles. The highest BCUT2D eigenvalue weighted by Crippen LogP contribution is 1.99. The lowest BCUT2D eigenvalue weighted by Gasteiger charge is -2.13. The van der Waals surface area contributed by atoms with Gasteiger partial charge in [0.25, 0.3) is 5.91 Å². The Morgan fingerprint density at radius 2 is 2.29 bits per heavy atom. The SMILES string of the molecule is CC(NC(=O)c1ccoc1)C(=O)NCCCO. The Morgan fingerprint density at radius 1 is 1.53 bits per heavy atom. The summed E-state index contributed by atoms with van der Waals surface area (Å²) in [7, 11) is 0. The lowest BCUT2D eigenvalue weighted by Crippen LogP contribution is -2.45. The van der Waals surface area contributed by atoms with Gasteiger partial charge in [0.2, 0.25) is 5.91 Å². The standard InChI is InChI=1S/C11H16N2O4/c1-8(10(15)12-4-2-5-14)13-11(16)9-3-6-17-7-9/h3,6-8,14H,2,4-5H2,1H3,(H,12,15)(H,13,16). The van der Waals surface area contributed by atoms with E-state index in [0.29, 0.717) is 18.5 Å². The predicted molar refractivity (Wildman–Crippen MR) is 60.3 cm³/mol. The maximum Gasteiger partial charge on any atom is 0.255 e. The lowest BCUT2D eigenvalue weighted by molar-refractivity contribution is -0.122. The van der Waals surface area contributed by atoms with Crippen LogP contribution in [0.4, 0.5) is 0 Å². The molecule has 2 amide bonds. The molecule has 1 rings (SSSR count). The molecule has 0 radical (unpaired) electrons. The zero-order valence-corrected chi connectivity index (χ0v) is 9.60. The van der Waals surface area contributed by atoms with Gasteiger partial charge in [-0.3, -0.25) is 9.59 Å². The maximum absolute atomic E-state index is 11.6. The van der Waals surface area contributed by atoms with E-state index in [9.17, 15) is 9.59 Å². The first-order chi connectivity index (χ1) is 8.15. The van der Waals surface area contributed by atoms with E-state index in [1.807, 2.05) is 0 Å². The molecule has 0 aliphatic rings. The molecule has 0 spiro atoms. The van der Waals surface area contributed by atoms with Gasteiger partial charge in [-0.1, -0.05) is 0 Å². The largest absolute Gasteiger partial charge is 0.472 e. The predicted octanol–water partition coefficient (Wildman–Crippen LogP) is -0.104. The van der Waals surface area contributed by atoms with Crippen molar-refractivity contribution in [3.8, 4) is 0 Å². The van der Waals surface area contributed by atoms with Gasteiger partial charge >= 0.3 is 0 Å². The molecular weight excluding hydrogens is 224 g/mol. The molecule has 1 atom stereocenters. The number of carbonyl (C=O) groups excluding carboxylic acids is 2. The summed E-state index contributed by atoms with van der Waals surface area (Å²) in [6, 6.07) is 0.891. The summed E-state index contributed by atoms with van der Waals surface area (Å²) in [6.07, 6.45) is 3.20. The van der Waals surface area contributed by atoms with E-state index in [-0.39, 0.29) is 18.4 Å². The molecule has 6 nitrogen and oxygen atoms in total. The highest BCUT2D eigenvalue weighted by Gasteiger charge is 2.16. The normalized spacial score (nSPS) is 11.9. The van der Waals surface area contributed by atoms with E-state index in [4.69, 9.17) is 9.52 Å². The van der Waals surface area contributed by atoms with E-state index in [1.54, 1.807) is 6.92 Å². The van der Waals surface area contributed by atoms with Crippen molar-refractivity contribution in [3.05, 3.63) is 24.2 Å². The summed E-state index contributed by atoms with van der Waals surface area (Å²) in [5.74, 6) is -0.640. The summed E-state index contributed by atoms with van der Waals surface area (Å²) in [4.78, 5) is 23.1. The van der Waals surface area contributed by atoms with E-state index in [0.717, 1.165) is 0 Å². The second-order valence-corrected chi connectivity index (χ2v) is 3.58. The minimum atomic E-state index is -0.629. The Kier molecular flexibility index (Phi) is 5.22. The van der Waals surface area contributed by atoms with Crippen molar-refractivity contribution in [2.75, 3.05) is 13.2 Å². The lowest BCUT2D eigenvalue weighted by atomic mass is 10.2. The molecule has 1 unspecified atom stereocenters. The van der Waals surface area contributed by atoms with Crippen molar-refractivity contribution in [2.45, 2.75) is 19.4 Å². The van der Waals surface area contributed by atoms with Crippen LogP contribution in [0.2, 0.25) is 0 Å². The number of aliphatic hydroxyl groups is 1. The average molecular weight is 240 g/mol. The molecule has 0 bridgehead atoms. The first kappa shape index (κ1) is 13.2. The maximum atomic E-state index is 11.6. The number of hydrogen-bond donors (Lipinski definition) is 3. The quantitative estimate of drug-likeness (QED) is 0.605. The number of carbonyl (C=O) groups is 2. The number of furan rings is 1. The first-order valence-electron chi connectivity index (χ1n) is 5.36. The highest BCUT2D eigenvalue weighted by atomic mass is 16.3. The monoisotopic (exact) mass is 240 g/mol. The van der Waals surface area contributed by atoms with Gasteiger partial charge < -0.3 is 20.2 Å². The van der Waals surface area contributed by atoms with E-state index < -0.39 is 6.04 Å². The van der Waals surface area contributed by atoms with Crippen molar-refractivity contribution in [1.82, 2.24) is 10.6 Å². The number of rotatable bonds is 6. The zero-order valence-electron chi connectivity index (χ0n) is 9.60. The van der Waals surface area contributed by atoms with Crippen LogP contribution in [0.15, 0.2) is 23.0 Å². The van der Waals surface area contributed by atoms with E-state index in [2.05, 4.69) is 10.6 Å². The second-order valence-electron chi connectivity index (χ2n) is 3.58. The Hall–Kier alpha value is -1.82. The van der Waals surface area contributed by atoms with Crippen molar-refractivity contribution in [3.63, 3.8) is 0 Å². The Bertz CT molecular complexity index is 362. The van der Waals surface area contributed by atoms with Crippen molar-refractivity contribution < 1.29 is 19.1 Å². The molecule has 6 heteroatoms. The van der Waals surface area contributed by atoms with Gasteiger partial charge in [-0.05, 0) is 19.4 Å². The molecule has 17 heavy (non-hydrogen) atoms. The number of aliphatic hydroxyl groups excluding tert-OH is 1. The Morgan fingerprint density at radius 3 is 2.88 bits per heavy atom. The summed E-state index contributed by atoms with van der Waals surface area (Å²) < 4.78 is 4.77. The van der Waals surface area contributed by atoms with Gasteiger partial charge in [0.15, 0.2) is 0 Å². The van der Waals surface area contributed by atoms with Crippen LogP contribution in [-0.2, 0) is 4.79 Å². The van der Waals surface area contributed by atoms with Crippen LogP contribution in [0, 0.1) is 0 Å². The van der Waals surface area contributed by atoms with Crippen LogP contribution in [0.3, 0.4) is 0 Å². The van der Waals surface area contributed by atoms with Crippen LogP contribution in [0.25, 0.3) is 0 Å². The van der Waals surface area contributed by atoms with Gasteiger partial charge in [-0.25, -0.2) is 0 Å². The molecule has 0 aromatic carbocycles. The molecule has 94 valence electrons. The smallest absolute Gasteiger partial charge is 0.255 e. The third-order valence-corrected chi connectivity index (χ3v) is 2.16.